The van der Waals surface area contributed by atoms with Gasteiger partial charge in [-0.05, 0) is 31.7 Å². The molecule has 2 unspecified atom stereocenters. The van der Waals surface area contributed by atoms with Crippen LogP contribution in [0.25, 0.3) is 0 Å². The molecule has 0 saturated heterocycles. The molecule has 2 nitrogen and oxygen atoms in total. The molecule has 1 fully saturated rings. The number of nitrogens with two attached hydrogens (primary N) is 1. The summed E-state index contributed by atoms with van der Waals surface area (Å²) in [6.45, 7) is 4.37. The van der Waals surface area contributed by atoms with Crippen LogP contribution in [0, 0.1) is 12.8 Å². The Labute approximate surface area is 111 Å². The molecule has 1 aromatic carbocycles. The Morgan fingerprint density at radius 3 is 2.83 bits per heavy atom. The van der Waals surface area contributed by atoms with Crippen LogP contribution >= 0.6 is 0 Å². The molecule has 2 rings (SSSR count). The van der Waals surface area contributed by atoms with E-state index in [1.54, 1.807) is 7.11 Å². The molecule has 2 N–H and O–H groups in total. The highest BCUT2D eigenvalue weighted by molar-refractivity contribution is 5.42. The topological polar surface area (TPSA) is 35.2 Å². The van der Waals surface area contributed by atoms with E-state index in [1.807, 2.05) is 0 Å². The molecule has 1 aliphatic carbocycles. The quantitative estimate of drug-likeness (QED) is 0.882. The maximum absolute atomic E-state index is 6.80. The van der Waals surface area contributed by atoms with Gasteiger partial charge in [-0.15, -0.1) is 0 Å². The smallest absolute Gasteiger partial charge is 0.123 e. The Morgan fingerprint density at radius 1 is 1.39 bits per heavy atom. The molecule has 0 amide bonds. The van der Waals surface area contributed by atoms with Crippen molar-refractivity contribution in [3.8, 4) is 5.75 Å². The highest BCUT2D eigenvalue weighted by Crippen LogP contribution is 2.44. The lowest BCUT2D eigenvalue weighted by Gasteiger charge is -2.42. The standard InChI is InChI=1S/C16H25NO/c1-4-13-7-5-6-10-16(13,17)14-11-12(2)8-9-15(14)18-3/h8-9,11,13H,4-7,10,17H2,1-3H3. The van der Waals surface area contributed by atoms with Crippen molar-refractivity contribution in [3.63, 3.8) is 0 Å². The molecular formula is C16H25NO. The van der Waals surface area contributed by atoms with Gasteiger partial charge in [-0.2, -0.15) is 0 Å². The number of benzene rings is 1. The first kappa shape index (κ1) is 13.4. The van der Waals surface area contributed by atoms with Gasteiger partial charge in [0.15, 0.2) is 0 Å². The Bertz CT molecular complexity index is 416. The van der Waals surface area contributed by atoms with Crippen molar-refractivity contribution in [3.05, 3.63) is 29.3 Å². The Kier molecular flexibility index (Phi) is 3.96. The van der Waals surface area contributed by atoms with Gasteiger partial charge in [0.2, 0.25) is 0 Å². The van der Waals surface area contributed by atoms with Crippen molar-refractivity contribution in [2.75, 3.05) is 7.11 Å². The first-order valence-electron chi connectivity index (χ1n) is 7.05. The minimum Gasteiger partial charge on any atom is -0.496 e. The second kappa shape index (κ2) is 5.31. The molecule has 0 aromatic heterocycles. The summed E-state index contributed by atoms with van der Waals surface area (Å²) < 4.78 is 5.53. The summed E-state index contributed by atoms with van der Waals surface area (Å²) >= 11 is 0. The largest absolute Gasteiger partial charge is 0.496 e. The van der Waals surface area contributed by atoms with Crippen LogP contribution in [0.1, 0.15) is 50.2 Å². The van der Waals surface area contributed by atoms with E-state index in [0.29, 0.717) is 5.92 Å². The summed E-state index contributed by atoms with van der Waals surface area (Å²) in [6.07, 6.45) is 6.00. The molecule has 0 spiro atoms. The fourth-order valence-corrected chi connectivity index (χ4v) is 3.38. The van der Waals surface area contributed by atoms with Gasteiger partial charge in [0.1, 0.15) is 5.75 Å². The van der Waals surface area contributed by atoms with E-state index >= 15 is 0 Å². The summed E-state index contributed by atoms with van der Waals surface area (Å²) in [4.78, 5) is 0. The minimum atomic E-state index is -0.204. The Morgan fingerprint density at radius 2 is 2.17 bits per heavy atom. The highest BCUT2D eigenvalue weighted by atomic mass is 16.5. The predicted octanol–water partition coefficient (Wildman–Crippen LogP) is 3.76. The van der Waals surface area contributed by atoms with Crippen LogP contribution in [-0.2, 0) is 5.54 Å². The van der Waals surface area contributed by atoms with E-state index in [2.05, 4.69) is 32.0 Å². The second-order valence-corrected chi connectivity index (χ2v) is 5.60. The average molecular weight is 247 g/mol. The lowest BCUT2D eigenvalue weighted by Crippen LogP contribution is -2.46. The van der Waals surface area contributed by atoms with Crippen molar-refractivity contribution in [1.29, 1.82) is 0 Å². The third kappa shape index (κ3) is 2.26. The molecule has 0 bridgehead atoms. The van der Waals surface area contributed by atoms with Gasteiger partial charge in [-0.3, -0.25) is 0 Å². The molecule has 1 aromatic rings. The highest BCUT2D eigenvalue weighted by Gasteiger charge is 2.39. The van der Waals surface area contributed by atoms with Crippen LogP contribution in [0.15, 0.2) is 18.2 Å². The Hall–Kier alpha value is -1.02. The minimum absolute atomic E-state index is 0.204. The zero-order valence-corrected chi connectivity index (χ0v) is 11.8. The first-order valence-corrected chi connectivity index (χ1v) is 7.05. The summed E-state index contributed by atoms with van der Waals surface area (Å²) in [7, 11) is 1.74. The van der Waals surface area contributed by atoms with Crippen molar-refractivity contribution >= 4 is 0 Å². The van der Waals surface area contributed by atoms with Crippen LogP contribution in [-0.4, -0.2) is 7.11 Å². The molecule has 0 aliphatic heterocycles. The van der Waals surface area contributed by atoms with Gasteiger partial charge in [0, 0.05) is 11.1 Å². The summed E-state index contributed by atoms with van der Waals surface area (Å²) in [6, 6.07) is 6.36. The van der Waals surface area contributed by atoms with E-state index in [4.69, 9.17) is 10.5 Å². The van der Waals surface area contributed by atoms with Gasteiger partial charge in [0.05, 0.1) is 7.11 Å². The zero-order chi connectivity index (χ0) is 13.2. The van der Waals surface area contributed by atoms with Gasteiger partial charge in [0.25, 0.3) is 0 Å². The van der Waals surface area contributed by atoms with E-state index in [0.717, 1.165) is 18.6 Å². The molecule has 100 valence electrons. The van der Waals surface area contributed by atoms with E-state index < -0.39 is 0 Å². The maximum Gasteiger partial charge on any atom is 0.123 e. The molecule has 2 atom stereocenters. The number of rotatable bonds is 3. The molecule has 0 radical (unpaired) electrons. The lowest BCUT2D eigenvalue weighted by atomic mass is 9.68. The third-order valence-electron chi connectivity index (χ3n) is 4.47. The van der Waals surface area contributed by atoms with Crippen LogP contribution in [0.5, 0.6) is 5.75 Å². The van der Waals surface area contributed by atoms with Crippen LogP contribution in [0.2, 0.25) is 0 Å². The summed E-state index contributed by atoms with van der Waals surface area (Å²) in [5, 5.41) is 0. The monoisotopic (exact) mass is 247 g/mol. The van der Waals surface area contributed by atoms with Crippen molar-refractivity contribution in [1.82, 2.24) is 0 Å². The fraction of sp³-hybridized carbons (Fsp3) is 0.625. The SMILES string of the molecule is CCC1CCCCC1(N)c1cc(C)ccc1OC. The molecule has 18 heavy (non-hydrogen) atoms. The van der Waals surface area contributed by atoms with Crippen LogP contribution in [0.3, 0.4) is 0 Å². The van der Waals surface area contributed by atoms with Gasteiger partial charge in [-0.1, -0.05) is 43.9 Å². The van der Waals surface area contributed by atoms with Gasteiger partial charge < -0.3 is 10.5 Å². The van der Waals surface area contributed by atoms with E-state index in [1.165, 1.54) is 30.4 Å². The third-order valence-corrected chi connectivity index (χ3v) is 4.47. The van der Waals surface area contributed by atoms with Crippen molar-refractivity contribution < 1.29 is 4.74 Å². The molecule has 0 heterocycles. The first-order chi connectivity index (χ1) is 8.61. The average Bonchev–Trinajstić information content (AvgIpc) is 2.39. The summed E-state index contributed by atoms with van der Waals surface area (Å²) in [5.74, 6) is 1.52. The second-order valence-electron chi connectivity index (χ2n) is 5.60. The van der Waals surface area contributed by atoms with Crippen molar-refractivity contribution in [2.24, 2.45) is 11.7 Å². The number of ether oxygens (including phenoxy) is 1. The fourth-order valence-electron chi connectivity index (χ4n) is 3.38. The lowest BCUT2D eigenvalue weighted by molar-refractivity contribution is 0.179. The van der Waals surface area contributed by atoms with Gasteiger partial charge >= 0.3 is 0 Å². The summed E-state index contributed by atoms with van der Waals surface area (Å²) in [5.41, 5.74) is 9.06. The van der Waals surface area contributed by atoms with Crippen LogP contribution in [0.4, 0.5) is 0 Å². The number of hydrogen-bond donors (Lipinski definition) is 1. The Balaban J connectivity index is 2.46. The number of hydrogen-bond acceptors (Lipinski definition) is 2. The van der Waals surface area contributed by atoms with Gasteiger partial charge in [-0.25, -0.2) is 0 Å². The zero-order valence-electron chi connectivity index (χ0n) is 11.8. The predicted molar refractivity (Wildman–Crippen MR) is 75.8 cm³/mol. The maximum atomic E-state index is 6.80. The normalized spacial score (nSPS) is 28.1. The van der Waals surface area contributed by atoms with E-state index in [9.17, 15) is 0 Å². The molecule has 2 heteroatoms. The number of aryl methyl sites for hydroxylation is 1. The number of methoxy groups -OCH3 is 1. The molecule has 1 aliphatic rings. The molecule has 1 saturated carbocycles. The van der Waals surface area contributed by atoms with Crippen LogP contribution < -0.4 is 10.5 Å². The molecular weight excluding hydrogens is 222 g/mol. The van der Waals surface area contributed by atoms with Crippen molar-refractivity contribution in [2.45, 2.75) is 51.5 Å². The van der Waals surface area contributed by atoms with E-state index in [-0.39, 0.29) is 5.54 Å².